The zero-order chi connectivity index (χ0) is 20.2. The van der Waals surface area contributed by atoms with Crippen LogP contribution >= 0.6 is 0 Å². The van der Waals surface area contributed by atoms with Crippen LogP contribution in [0, 0.1) is 0 Å². The van der Waals surface area contributed by atoms with E-state index in [0.29, 0.717) is 11.4 Å². The predicted octanol–water partition coefficient (Wildman–Crippen LogP) is 3.41. The molecule has 0 aliphatic carbocycles. The van der Waals surface area contributed by atoms with Crippen LogP contribution in [-0.2, 0) is 17.9 Å². The van der Waals surface area contributed by atoms with E-state index in [0.717, 1.165) is 24.2 Å². The maximum atomic E-state index is 12.5. The van der Waals surface area contributed by atoms with Crippen molar-refractivity contribution in [3.05, 3.63) is 70.6 Å². The van der Waals surface area contributed by atoms with Crippen molar-refractivity contribution in [2.45, 2.75) is 45.3 Å². The molecular formula is C23H26N4O2. The van der Waals surface area contributed by atoms with Crippen molar-refractivity contribution < 1.29 is 4.79 Å². The average molecular weight is 390 g/mol. The second-order valence-corrected chi connectivity index (χ2v) is 7.76. The number of carbonyl (C=O) groups is 1. The lowest BCUT2D eigenvalue weighted by Gasteiger charge is -2.33. The summed E-state index contributed by atoms with van der Waals surface area (Å²) >= 11 is 0. The summed E-state index contributed by atoms with van der Waals surface area (Å²) in [5.41, 5.74) is 1.70. The largest absolute Gasteiger partial charge is 0.324 e. The molecule has 1 aromatic heterocycles. The molecule has 1 aliphatic rings. The molecule has 2 aromatic carbocycles. The monoisotopic (exact) mass is 390 g/mol. The fourth-order valence-corrected chi connectivity index (χ4v) is 3.90. The van der Waals surface area contributed by atoms with E-state index in [4.69, 9.17) is 0 Å². The standard InChI is InChI=1S/C23H26N4O2/c1-17-6-4-5-13-26(17)15-18-9-11-20(12-10-18)25-22(28)16-27-23(29)21-8-3-2-7-19(21)14-24-27/h2-3,7-12,14,17H,4-6,13,15-16H2,1H3,(H,25,28). The zero-order valence-corrected chi connectivity index (χ0v) is 16.7. The summed E-state index contributed by atoms with van der Waals surface area (Å²) in [7, 11) is 0. The molecular weight excluding hydrogens is 364 g/mol. The Morgan fingerprint density at radius 2 is 1.93 bits per heavy atom. The van der Waals surface area contributed by atoms with Crippen molar-refractivity contribution in [3.8, 4) is 0 Å². The highest BCUT2D eigenvalue weighted by Crippen LogP contribution is 2.20. The number of amides is 1. The first-order valence-corrected chi connectivity index (χ1v) is 10.2. The van der Waals surface area contributed by atoms with Gasteiger partial charge in [-0.05, 0) is 50.1 Å². The minimum atomic E-state index is -0.271. The van der Waals surface area contributed by atoms with Crippen LogP contribution in [0.5, 0.6) is 0 Å². The molecule has 1 aliphatic heterocycles. The highest BCUT2D eigenvalue weighted by atomic mass is 16.2. The van der Waals surface area contributed by atoms with Crippen LogP contribution in [0.1, 0.15) is 31.7 Å². The maximum absolute atomic E-state index is 12.5. The fourth-order valence-electron chi connectivity index (χ4n) is 3.90. The van der Waals surface area contributed by atoms with E-state index in [2.05, 4.69) is 34.4 Å². The average Bonchev–Trinajstić information content (AvgIpc) is 2.73. The molecule has 1 saturated heterocycles. The number of benzene rings is 2. The molecule has 1 unspecified atom stereocenters. The topological polar surface area (TPSA) is 67.2 Å². The molecule has 6 nitrogen and oxygen atoms in total. The lowest BCUT2D eigenvalue weighted by Crippen LogP contribution is -2.36. The van der Waals surface area contributed by atoms with Gasteiger partial charge in [-0.1, -0.05) is 36.8 Å². The lowest BCUT2D eigenvalue weighted by atomic mass is 10.0. The van der Waals surface area contributed by atoms with Gasteiger partial charge in [-0.25, -0.2) is 4.68 Å². The number of fused-ring (bicyclic) bond motifs is 1. The van der Waals surface area contributed by atoms with Crippen LogP contribution in [0.25, 0.3) is 10.8 Å². The Bertz CT molecular complexity index is 1060. The smallest absolute Gasteiger partial charge is 0.275 e. The van der Waals surface area contributed by atoms with Gasteiger partial charge in [0.2, 0.25) is 5.91 Å². The van der Waals surface area contributed by atoms with E-state index in [1.807, 2.05) is 24.3 Å². The molecule has 1 N–H and O–H groups in total. The van der Waals surface area contributed by atoms with Gasteiger partial charge in [-0.3, -0.25) is 14.5 Å². The number of rotatable bonds is 5. The van der Waals surface area contributed by atoms with E-state index in [-0.39, 0.29) is 18.0 Å². The fraction of sp³-hybridized carbons (Fsp3) is 0.348. The molecule has 6 heteroatoms. The summed E-state index contributed by atoms with van der Waals surface area (Å²) in [4.78, 5) is 27.4. The van der Waals surface area contributed by atoms with E-state index in [1.165, 1.54) is 29.5 Å². The molecule has 0 radical (unpaired) electrons. The number of hydrogen-bond acceptors (Lipinski definition) is 4. The number of nitrogens with zero attached hydrogens (tertiary/aromatic N) is 3. The van der Waals surface area contributed by atoms with Crippen LogP contribution in [0.15, 0.2) is 59.5 Å². The van der Waals surface area contributed by atoms with Crippen molar-refractivity contribution in [1.82, 2.24) is 14.7 Å². The summed E-state index contributed by atoms with van der Waals surface area (Å²) in [5.74, 6) is -0.271. The number of carbonyl (C=O) groups excluding carboxylic acids is 1. The van der Waals surface area contributed by atoms with Gasteiger partial charge in [0.1, 0.15) is 6.54 Å². The minimum Gasteiger partial charge on any atom is -0.324 e. The van der Waals surface area contributed by atoms with Gasteiger partial charge in [-0.15, -0.1) is 0 Å². The van der Waals surface area contributed by atoms with E-state index < -0.39 is 0 Å². The van der Waals surface area contributed by atoms with Crippen molar-refractivity contribution in [2.75, 3.05) is 11.9 Å². The number of piperidine rings is 1. The lowest BCUT2D eigenvalue weighted by molar-refractivity contribution is -0.117. The Morgan fingerprint density at radius 3 is 2.72 bits per heavy atom. The molecule has 150 valence electrons. The number of nitrogens with one attached hydrogen (secondary N) is 1. The van der Waals surface area contributed by atoms with Gasteiger partial charge >= 0.3 is 0 Å². The Morgan fingerprint density at radius 1 is 1.14 bits per heavy atom. The third-order valence-corrected chi connectivity index (χ3v) is 5.62. The summed E-state index contributed by atoms with van der Waals surface area (Å²) in [6.45, 7) is 4.26. The van der Waals surface area contributed by atoms with Crippen LogP contribution in [-0.4, -0.2) is 33.2 Å². The first kappa shape index (κ1) is 19.3. The zero-order valence-electron chi connectivity index (χ0n) is 16.7. The van der Waals surface area contributed by atoms with Crippen molar-refractivity contribution in [3.63, 3.8) is 0 Å². The van der Waals surface area contributed by atoms with Gasteiger partial charge in [0.05, 0.1) is 11.6 Å². The minimum absolute atomic E-state index is 0.114. The quantitative estimate of drug-likeness (QED) is 0.725. The SMILES string of the molecule is CC1CCCCN1Cc1ccc(NC(=O)Cn2ncc3ccccc3c2=O)cc1. The molecule has 0 bridgehead atoms. The van der Waals surface area contributed by atoms with Crippen LogP contribution in [0.4, 0.5) is 5.69 Å². The predicted molar refractivity (Wildman–Crippen MR) is 115 cm³/mol. The van der Waals surface area contributed by atoms with Crippen LogP contribution in [0.3, 0.4) is 0 Å². The highest BCUT2D eigenvalue weighted by Gasteiger charge is 2.18. The number of likely N-dealkylation sites (tertiary alicyclic amines) is 1. The Labute approximate surface area is 170 Å². The first-order valence-electron chi connectivity index (χ1n) is 10.2. The third kappa shape index (κ3) is 4.54. The van der Waals surface area contributed by atoms with Crippen molar-refractivity contribution >= 4 is 22.4 Å². The number of aromatic nitrogens is 2. The van der Waals surface area contributed by atoms with Crippen LogP contribution < -0.4 is 10.9 Å². The van der Waals surface area contributed by atoms with Gasteiger partial charge < -0.3 is 5.32 Å². The molecule has 0 spiro atoms. The second kappa shape index (κ2) is 8.57. The second-order valence-electron chi connectivity index (χ2n) is 7.76. The highest BCUT2D eigenvalue weighted by molar-refractivity contribution is 5.90. The molecule has 4 rings (SSSR count). The van der Waals surface area contributed by atoms with Crippen LogP contribution in [0.2, 0.25) is 0 Å². The van der Waals surface area contributed by atoms with Gasteiger partial charge in [-0.2, -0.15) is 5.10 Å². The first-order chi connectivity index (χ1) is 14.1. The molecule has 3 aromatic rings. The molecule has 0 saturated carbocycles. The maximum Gasteiger partial charge on any atom is 0.275 e. The van der Waals surface area contributed by atoms with Gasteiger partial charge in [0.15, 0.2) is 0 Å². The number of hydrogen-bond donors (Lipinski definition) is 1. The molecule has 2 heterocycles. The normalized spacial score (nSPS) is 17.3. The summed E-state index contributed by atoms with van der Waals surface area (Å²) in [6.07, 6.45) is 5.45. The van der Waals surface area contributed by atoms with E-state index in [9.17, 15) is 9.59 Å². The molecule has 1 atom stereocenters. The van der Waals surface area contributed by atoms with Crippen molar-refractivity contribution in [1.29, 1.82) is 0 Å². The Hall–Kier alpha value is -2.99. The summed E-state index contributed by atoms with van der Waals surface area (Å²) in [5, 5.41) is 8.30. The van der Waals surface area contributed by atoms with E-state index >= 15 is 0 Å². The molecule has 29 heavy (non-hydrogen) atoms. The summed E-state index contributed by atoms with van der Waals surface area (Å²) in [6, 6.07) is 15.8. The van der Waals surface area contributed by atoms with Gasteiger partial charge in [0, 0.05) is 23.7 Å². The van der Waals surface area contributed by atoms with Gasteiger partial charge in [0.25, 0.3) is 5.56 Å². The van der Waals surface area contributed by atoms with Crippen molar-refractivity contribution in [2.24, 2.45) is 0 Å². The summed E-state index contributed by atoms with van der Waals surface area (Å²) < 4.78 is 1.20. The number of anilines is 1. The Balaban J connectivity index is 1.38. The Kier molecular flexibility index (Phi) is 5.71. The van der Waals surface area contributed by atoms with E-state index in [1.54, 1.807) is 18.3 Å². The third-order valence-electron chi connectivity index (χ3n) is 5.62. The molecule has 1 amide bonds. The molecule has 1 fully saturated rings.